The molecular formula is C18H23N. The van der Waals surface area contributed by atoms with Crippen LogP contribution >= 0.6 is 0 Å². The lowest BCUT2D eigenvalue weighted by molar-refractivity contribution is 0.296. The Labute approximate surface area is 117 Å². The Morgan fingerprint density at radius 3 is 2.42 bits per heavy atom. The molecule has 0 aliphatic heterocycles. The average Bonchev–Trinajstić information content (AvgIpc) is 2.47. The number of rotatable bonds is 4. The maximum Gasteiger partial charge on any atom is 0.0991 e. The van der Waals surface area contributed by atoms with Gasteiger partial charge in [0.1, 0.15) is 0 Å². The molecule has 0 bridgehead atoms. The Balaban J connectivity index is 1.75. The molecule has 0 saturated heterocycles. The molecule has 0 heterocycles. The number of nitriles is 1. The molecule has 1 fully saturated rings. The van der Waals surface area contributed by atoms with Crippen molar-refractivity contribution < 1.29 is 0 Å². The third-order valence-electron chi connectivity index (χ3n) is 4.28. The fourth-order valence-corrected chi connectivity index (χ4v) is 3.06. The monoisotopic (exact) mass is 253 g/mol. The van der Waals surface area contributed by atoms with Crippen molar-refractivity contribution >= 4 is 0 Å². The summed E-state index contributed by atoms with van der Waals surface area (Å²) in [5, 5.41) is 8.78. The Kier molecular flexibility index (Phi) is 5.21. The molecule has 1 aliphatic rings. The lowest BCUT2D eigenvalue weighted by Gasteiger charge is -2.26. The predicted octanol–water partition coefficient (Wildman–Crippen LogP) is 4.87. The summed E-state index contributed by atoms with van der Waals surface area (Å²) in [4.78, 5) is 0. The predicted molar refractivity (Wildman–Crippen MR) is 79.7 cm³/mol. The molecule has 0 radical (unpaired) electrons. The SMILES string of the molecule is CC=C[C@H]1CC[C@H](CCc2ccc(C#N)cc2)CC1. The largest absolute Gasteiger partial charge is 0.192 e. The first-order valence-corrected chi connectivity index (χ1v) is 7.43. The van der Waals surface area contributed by atoms with Crippen LogP contribution in [0.2, 0.25) is 0 Å². The van der Waals surface area contributed by atoms with Crippen LogP contribution in [0.1, 0.15) is 50.2 Å². The fraction of sp³-hybridized carbons (Fsp3) is 0.500. The van der Waals surface area contributed by atoms with Gasteiger partial charge in [-0.3, -0.25) is 0 Å². The molecule has 0 atom stereocenters. The first-order valence-electron chi connectivity index (χ1n) is 7.43. The Morgan fingerprint density at radius 1 is 1.16 bits per heavy atom. The van der Waals surface area contributed by atoms with E-state index in [0.29, 0.717) is 0 Å². The quantitative estimate of drug-likeness (QED) is 0.702. The molecule has 1 heteroatoms. The van der Waals surface area contributed by atoms with Gasteiger partial charge in [-0.05, 0) is 75.0 Å². The van der Waals surface area contributed by atoms with Gasteiger partial charge in [-0.2, -0.15) is 5.26 Å². The van der Waals surface area contributed by atoms with Crippen LogP contribution in [0.4, 0.5) is 0 Å². The van der Waals surface area contributed by atoms with E-state index in [9.17, 15) is 0 Å². The van der Waals surface area contributed by atoms with Crippen LogP contribution in [0.5, 0.6) is 0 Å². The van der Waals surface area contributed by atoms with Gasteiger partial charge in [0.25, 0.3) is 0 Å². The molecule has 0 N–H and O–H groups in total. The fourth-order valence-electron chi connectivity index (χ4n) is 3.06. The number of nitrogens with zero attached hydrogens (tertiary/aromatic N) is 1. The van der Waals surface area contributed by atoms with Gasteiger partial charge in [0.15, 0.2) is 0 Å². The summed E-state index contributed by atoms with van der Waals surface area (Å²) in [6, 6.07) is 10.2. The van der Waals surface area contributed by atoms with Gasteiger partial charge in [0.2, 0.25) is 0 Å². The molecule has 2 rings (SSSR count). The highest BCUT2D eigenvalue weighted by atomic mass is 14.2. The van der Waals surface area contributed by atoms with Gasteiger partial charge in [-0.15, -0.1) is 0 Å². The van der Waals surface area contributed by atoms with Crippen molar-refractivity contribution in [1.82, 2.24) is 0 Å². The lowest BCUT2D eigenvalue weighted by Crippen LogP contribution is -2.13. The highest BCUT2D eigenvalue weighted by molar-refractivity contribution is 5.31. The second-order valence-corrected chi connectivity index (χ2v) is 5.65. The van der Waals surface area contributed by atoms with Crippen LogP contribution in [-0.2, 0) is 6.42 Å². The number of benzene rings is 1. The first kappa shape index (κ1) is 13.9. The maximum absolute atomic E-state index is 8.78. The normalized spacial score (nSPS) is 23.4. The number of hydrogen-bond donors (Lipinski definition) is 0. The topological polar surface area (TPSA) is 23.8 Å². The van der Waals surface area contributed by atoms with Gasteiger partial charge in [0, 0.05) is 0 Å². The van der Waals surface area contributed by atoms with Crippen LogP contribution in [0.3, 0.4) is 0 Å². The summed E-state index contributed by atoms with van der Waals surface area (Å²) >= 11 is 0. The average molecular weight is 253 g/mol. The lowest BCUT2D eigenvalue weighted by atomic mass is 9.79. The standard InChI is InChI=1S/C18H23N/c1-2-3-15-4-6-16(7-5-15)8-9-17-10-12-18(14-19)13-11-17/h2-3,10-13,15-16H,4-9H2,1H3/t15-,16-. The number of hydrogen-bond acceptors (Lipinski definition) is 1. The van der Waals surface area contributed by atoms with Gasteiger partial charge in [-0.25, -0.2) is 0 Å². The van der Waals surface area contributed by atoms with E-state index in [1.165, 1.54) is 37.7 Å². The van der Waals surface area contributed by atoms with E-state index in [1.54, 1.807) is 0 Å². The van der Waals surface area contributed by atoms with Crippen molar-refractivity contribution in [2.24, 2.45) is 11.8 Å². The van der Waals surface area contributed by atoms with E-state index in [0.717, 1.165) is 23.8 Å². The smallest absolute Gasteiger partial charge is 0.0991 e. The van der Waals surface area contributed by atoms with E-state index in [4.69, 9.17) is 5.26 Å². The number of aryl methyl sites for hydroxylation is 1. The van der Waals surface area contributed by atoms with Crippen molar-refractivity contribution in [1.29, 1.82) is 5.26 Å². The summed E-state index contributed by atoms with van der Waals surface area (Å²) in [6.45, 7) is 2.12. The highest BCUT2D eigenvalue weighted by Gasteiger charge is 2.18. The molecule has 1 nitrogen and oxygen atoms in total. The molecular weight excluding hydrogens is 230 g/mol. The molecule has 1 aromatic carbocycles. The summed E-state index contributed by atoms with van der Waals surface area (Å²) in [5.41, 5.74) is 2.13. The number of allylic oxidation sites excluding steroid dienone is 2. The van der Waals surface area contributed by atoms with E-state index >= 15 is 0 Å². The van der Waals surface area contributed by atoms with E-state index < -0.39 is 0 Å². The summed E-state index contributed by atoms with van der Waals surface area (Å²) in [5.74, 6) is 1.73. The zero-order valence-electron chi connectivity index (χ0n) is 11.8. The Bertz CT molecular complexity index is 442. The molecule has 0 unspecified atom stereocenters. The molecule has 0 spiro atoms. The van der Waals surface area contributed by atoms with Crippen molar-refractivity contribution in [3.63, 3.8) is 0 Å². The minimum absolute atomic E-state index is 0.760. The highest BCUT2D eigenvalue weighted by Crippen LogP contribution is 2.32. The van der Waals surface area contributed by atoms with E-state index in [1.807, 2.05) is 12.1 Å². The van der Waals surface area contributed by atoms with Gasteiger partial charge >= 0.3 is 0 Å². The van der Waals surface area contributed by atoms with Crippen molar-refractivity contribution in [3.05, 3.63) is 47.5 Å². The summed E-state index contributed by atoms with van der Waals surface area (Å²) in [7, 11) is 0. The molecule has 1 aliphatic carbocycles. The summed E-state index contributed by atoms with van der Waals surface area (Å²) < 4.78 is 0. The Hall–Kier alpha value is -1.55. The Morgan fingerprint density at radius 2 is 1.84 bits per heavy atom. The van der Waals surface area contributed by atoms with E-state index in [-0.39, 0.29) is 0 Å². The van der Waals surface area contributed by atoms with Crippen LogP contribution in [0.15, 0.2) is 36.4 Å². The van der Waals surface area contributed by atoms with Crippen molar-refractivity contribution in [2.75, 3.05) is 0 Å². The molecule has 19 heavy (non-hydrogen) atoms. The molecule has 1 saturated carbocycles. The molecule has 0 aromatic heterocycles. The first-order chi connectivity index (χ1) is 9.31. The third-order valence-corrected chi connectivity index (χ3v) is 4.28. The second-order valence-electron chi connectivity index (χ2n) is 5.65. The van der Waals surface area contributed by atoms with Gasteiger partial charge in [-0.1, -0.05) is 24.3 Å². The second kappa shape index (κ2) is 7.14. The van der Waals surface area contributed by atoms with Crippen LogP contribution in [0, 0.1) is 23.2 Å². The van der Waals surface area contributed by atoms with Crippen molar-refractivity contribution in [2.45, 2.75) is 45.4 Å². The van der Waals surface area contributed by atoms with Crippen molar-refractivity contribution in [3.8, 4) is 6.07 Å². The van der Waals surface area contributed by atoms with Crippen LogP contribution in [0.25, 0.3) is 0 Å². The maximum atomic E-state index is 8.78. The van der Waals surface area contributed by atoms with Gasteiger partial charge < -0.3 is 0 Å². The van der Waals surface area contributed by atoms with Crippen LogP contribution in [-0.4, -0.2) is 0 Å². The van der Waals surface area contributed by atoms with Crippen LogP contribution < -0.4 is 0 Å². The minimum Gasteiger partial charge on any atom is -0.192 e. The summed E-state index contributed by atoms with van der Waals surface area (Å²) in [6.07, 6.45) is 12.5. The van der Waals surface area contributed by atoms with E-state index in [2.05, 4.69) is 37.3 Å². The third kappa shape index (κ3) is 4.24. The zero-order chi connectivity index (χ0) is 13.5. The minimum atomic E-state index is 0.760. The molecule has 100 valence electrons. The zero-order valence-corrected chi connectivity index (χ0v) is 11.8. The van der Waals surface area contributed by atoms with Gasteiger partial charge in [0.05, 0.1) is 11.6 Å². The molecule has 0 amide bonds. The molecule has 1 aromatic rings.